The van der Waals surface area contributed by atoms with E-state index in [1.165, 1.54) is 25.1 Å². The fourth-order valence-electron chi connectivity index (χ4n) is 2.38. The second kappa shape index (κ2) is 6.00. The smallest absolute Gasteiger partial charge is 0.507 e. The van der Waals surface area contributed by atoms with Crippen molar-refractivity contribution in [1.29, 1.82) is 0 Å². The molecule has 0 aliphatic carbocycles. The second-order valence-electron chi connectivity index (χ2n) is 5.27. The zero-order valence-electron chi connectivity index (χ0n) is 12.6. The maximum Gasteiger partial charge on any atom is 0.573 e. The molecule has 0 spiro atoms. The first-order chi connectivity index (χ1) is 11.7. The van der Waals surface area contributed by atoms with Gasteiger partial charge in [-0.15, -0.1) is 13.2 Å². The lowest BCUT2D eigenvalue weighted by Crippen LogP contribution is -2.17. The number of rotatable bonds is 2. The van der Waals surface area contributed by atoms with Gasteiger partial charge in [-0.05, 0) is 30.7 Å². The number of hydrogen-bond acceptors (Lipinski definition) is 4. The molecule has 1 heterocycles. The molecule has 2 aromatic carbocycles. The van der Waals surface area contributed by atoms with Crippen LogP contribution in [-0.4, -0.2) is 11.5 Å². The van der Waals surface area contributed by atoms with Crippen LogP contribution in [0.1, 0.15) is 5.56 Å². The van der Waals surface area contributed by atoms with E-state index in [2.05, 4.69) is 4.74 Å². The van der Waals surface area contributed by atoms with Crippen LogP contribution in [0.25, 0.3) is 22.3 Å². The number of ether oxygens (including phenoxy) is 1. The van der Waals surface area contributed by atoms with Crippen LogP contribution in [0, 0.1) is 6.92 Å². The minimum Gasteiger partial charge on any atom is -0.507 e. The largest absolute Gasteiger partial charge is 0.573 e. The van der Waals surface area contributed by atoms with Crippen LogP contribution in [0.5, 0.6) is 11.5 Å². The molecule has 0 fully saturated rings. The number of para-hydroxylation sites is 1. The lowest BCUT2D eigenvalue weighted by molar-refractivity contribution is -0.274. The summed E-state index contributed by atoms with van der Waals surface area (Å²) in [5.41, 5.74) is -0.122. The van der Waals surface area contributed by atoms with Crippen molar-refractivity contribution in [2.45, 2.75) is 13.3 Å². The number of alkyl halides is 3. The molecule has 0 saturated carbocycles. The molecule has 130 valence electrons. The van der Waals surface area contributed by atoms with Crippen LogP contribution >= 0.6 is 11.6 Å². The van der Waals surface area contributed by atoms with E-state index in [1.54, 1.807) is 6.07 Å². The average Bonchev–Trinajstić information content (AvgIpc) is 2.50. The van der Waals surface area contributed by atoms with E-state index in [1.807, 2.05) is 0 Å². The third-order valence-corrected chi connectivity index (χ3v) is 3.79. The fraction of sp³-hybridized carbons (Fsp3) is 0.118. The number of aromatic hydroxyl groups is 1. The van der Waals surface area contributed by atoms with Crippen LogP contribution in [0.3, 0.4) is 0 Å². The molecule has 1 aromatic heterocycles. The van der Waals surface area contributed by atoms with Gasteiger partial charge >= 0.3 is 6.36 Å². The van der Waals surface area contributed by atoms with Gasteiger partial charge in [0, 0.05) is 12.1 Å². The summed E-state index contributed by atoms with van der Waals surface area (Å²) in [6.45, 7) is 1.37. The Morgan fingerprint density at radius 1 is 1.20 bits per heavy atom. The predicted octanol–water partition coefficient (Wildman–Crippen LogP) is 5.03. The summed E-state index contributed by atoms with van der Waals surface area (Å²) < 4.78 is 46.5. The summed E-state index contributed by atoms with van der Waals surface area (Å²) in [4.78, 5) is 12.2. The average molecular weight is 371 g/mol. The Morgan fingerprint density at radius 2 is 1.92 bits per heavy atom. The molecule has 3 aromatic rings. The molecule has 0 atom stereocenters. The van der Waals surface area contributed by atoms with Crippen LogP contribution in [0.4, 0.5) is 13.2 Å². The van der Waals surface area contributed by atoms with Crippen molar-refractivity contribution in [2.24, 2.45) is 0 Å². The first kappa shape index (κ1) is 17.2. The molecular weight excluding hydrogens is 361 g/mol. The first-order valence-corrected chi connectivity index (χ1v) is 7.35. The normalized spacial score (nSPS) is 11.7. The Balaban J connectivity index is 2.17. The van der Waals surface area contributed by atoms with E-state index in [0.29, 0.717) is 0 Å². The third kappa shape index (κ3) is 3.41. The molecule has 3 rings (SSSR count). The van der Waals surface area contributed by atoms with Crippen molar-refractivity contribution in [2.75, 3.05) is 0 Å². The van der Waals surface area contributed by atoms with Crippen molar-refractivity contribution in [1.82, 2.24) is 0 Å². The summed E-state index contributed by atoms with van der Waals surface area (Å²) in [6, 6.07) is 7.83. The monoisotopic (exact) mass is 370 g/mol. The highest BCUT2D eigenvalue weighted by atomic mass is 35.5. The van der Waals surface area contributed by atoms with Gasteiger partial charge in [-0.2, -0.15) is 0 Å². The van der Waals surface area contributed by atoms with E-state index in [4.69, 9.17) is 16.0 Å². The number of halogens is 4. The van der Waals surface area contributed by atoms with E-state index >= 15 is 0 Å². The first-order valence-electron chi connectivity index (χ1n) is 6.98. The minimum atomic E-state index is -4.89. The molecular formula is C17H10ClF3O4. The summed E-state index contributed by atoms with van der Waals surface area (Å²) in [5, 5.41) is 10.5. The Labute approximate surface area is 144 Å². The summed E-state index contributed by atoms with van der Waals surface area (Å²) in [5.74, 6) is -1.10. The van der Waals surface area contributed by atoms with Crippen LogP contribution in [0.15, 0.2) is 45.6 Å². The molecule has 0 radical (unpaired) electrons. The Kier molecular flexibility index (Phi) is 4.12. The summed E-state index contributed by atoms with van der Waals surface area (Å²) in [7, 11) is 0. The number of benzene rings is 2. The van der Waals surface area contributed by atoms with Crippen molar-refractivity contribution in [3.05, 3.63) is 57.2 Å². The lowest BCUT2D eigenvalue weighted by atomic mass is 10.1. The number of phenols is 1. The van der Waals surface area contributed by atoms with Gasteiger partial charge in [0.15, 0.2) is 11.0 Å². The minimum absolute atomic E-state index is 0.0234. The van der Waals surface area contributed by atoms with Crippen molar-refractivity contribution >= 4 is 22.6 Å². The Morgan fingerprint density at radius 3 is 2.60 bits per heavy atom. The number of aryl methyl sites for hydroxylation is 1. The van der Waals surface area contributed by atoms with Crippen LogP contribution in [-0.2, 0) is 0 Å². The topological polar surface area (TPSA) is 59.7 Å². The molecule has 4 nitrogen and oxygen atoms in total. The van der Waals surface area contributed by atoms with Gasteiger partial charge in [-0.1, -0.05) is 17.7 Å². The summed E-state index contributed by atoms with van der Waals surface area (Å²) >= 11 is 6.02. The second-order valence-corrected chi connectivity index (χ2v) is 5.68. The highest BCUT2D eigenvalue weighted by Crippen LogP contribution is 2.38. The van der Waals surface area contributed by atoms with Crippen molar-refractivity contribution < 1.29 is 27.4 Å². The zero-order valence-corrected chi connectivity index (χ0v) is 13.4. The number of phenolic OH excluding ortho intramolecular Hbond substituents is 1. The molecule has 0 amide bonds. The third-order valence-electron chi connectivity index (χ3n) is 3.49. The van der Waals surface area contributed by atoms with Gasteiger partial charge in [0.25, 0.3) is 0 Å². The molecule has 0 bridgehead atoms. The van der Waals surface area contributed by atoms with Gasteiger partial charge in [0.2, 0.25) is 0 Å². The predicted molar refractivity (Wildman–Crippen MR) is 86.0 cm³/mol. The quantitative estimate of drug-likeness (QED) is 0.687. The Bertz CT molecular complexity index is 1020. The molecule has 0 saturated heterocycles. The van der Waals surface area contributed by atoms with Crippen LogP contribution in [0.2, 0.25) is 5.02 Å². The fourth-order valence-corrected chi connectivity index (χ4v) is 2.60. The van der Waals surface area contributed by atoms with Gasteiger partial charge in [0.05, 0.1) is 16.0 Å². The highest BCUT2D eigenvalue weighted by Gasteiger charge is 2.32. The van der Waals surface area contributed by atoms with Gasteiger partial charge < -0.3 is 14.3 Å². The van der Waals surface area contributed by atoms with Crippen LogP contribution < -0.4 is 10.2 Å². The zero-order chi connectivity index (χ0) is 18.4. The standard InChI is InChI=1S/C17H10ClF3O4/c1-8-5-10(13(23)6-14(8)25-17(19,20)21)15-7-12(22)9-3-2-4-11(18)16(9)24-15/h2-7,23H,1H3. The maximum atomic E-state index is 12.4. The van der Waals surface area contributed by atoms with E-state index in [9.17, 15) is 23.1 Å². The number of hydrogen-bond donors (Lipinski definition) is 1. The molecule has 25 heavy (non-hydrogen) atoms. The molecule has 0 unspecified atom stereocenters. The van der Waals surface area contributed by atoms with Gasteiger partial charge in [-0.25, -0.2) is 0 Å². The molecule has 8 heteroatoms. The number of fused-ring (bicyclic) bond motifs is 1. The van der Waals surface area contributed by atoms with Crippen molar-refractivity contribution in [3.63, 3.8) is 0 Å². The Hall–Kier alpha value is -2.67. The van der Waals surface area contributed by atoms with E-state index < -0.39 is 23.3 Å². The van der Waals surface area contributed by atoms with E-state index in [0.717, 1.165) is 12.1 Å². The highest BCUT2D eigenvalue weighted by molar-refractivity contribution is 6.34. The molecule has 0 aliphatic rings. The molecule has 1 N–H and O–H groups in total. The van der Waals surface area contributed by atoms with Crippen molar-refractivity contribution in [3.8, 4) is 22.8 Å². The van der Waals surface area contributed by atoms with Gasteiger partial charge in [0.1, 0.15) is 17.3 Å². The SMILES string of the molecule is Cc1cc(-c2cc(=O)c3cccc(Cl)c3o2)c(O)cc1OC(F)(F)F. The molecule has 0 aliphatic heterocycles. The van der Waals surface area contributed by atoms with Gasteiger partial charge in [-0.3, -0.25) is 4.79 Å². The maximum absolute atomic E-state index is 12.4. The lowest BCUT2D eigenvalue weighted by Gasteiger charge is -2.14. The van der Waals surface area contributed by atoms with E-state index in [-0.39, 0.29) is 32.9 Å². The summed E-state index contributed by atoms with van der Waals surface area (Å²) in [6.07, 6.45) is -4.89.